The molecule has 0 saturated heterocycles. The van der Waals surface area contributed by atoms with E-state index >= 15 is 0 Å². The molecule has 0 fully saturated rings. The highest BCUT2D eigenvalue weighted by Crippen LogP contribution is 2.12. The second-order valence-electron chi connectivity index (χ2n) is 4.42. The third-order valence-electron chi connectivity index (χ3n) is 3.00. The Bertz CT molecular complexity index is 533. The van der Waals surface area contributed by atoms with Gasteiger partial charge >= 0.3 is 0 Å². The number of carbonyl (C=O) groups excluding carboxylic acids is 1. The van der Waals surface area contributed by atoms with E-state index < -0.39 is 0 Å². The predicted octanol–water partition coefficient (Wildman–Crippen LogP) is 0.977. The maximum atomic E-state index is 12.1. The summed E-state index contributed by atoms with van der Waals surface area (Å²) in [6, 6.07) is 4.98. The number of nitrogens with zero attached hydrogens (tertiary/aromatic N) is 3. The third-order valence-corrected chi connectivity index (χ3v) is 3.00. The Labute approximate surface area is 111 Å². The van der Waals surface area contributed by atoms with Gasteiger partial charge in [0.25, 0.3) is 5.91 Å². The molecule has 1 N–H and O–H groups in total. The SMILES string of the molecule is CC(CO)N(C)C(=O)c1ccc(Cn2cccn2)o1. The number of aliphatic hydroxyl groups excluding tert-OH is 1. The van der Waals surface area contributed by atoms with Gasteiger partial charge in [-0.05, 0) is 25.1 Å². The Kier molecular flexibility index (Phi) is 4.01. The van der Waals surface area contributed by atoms with Crippen LogP contribution < -0.4 is 0 Å². The van der Waals surface area contributed by atoms with Crippen molar-refractivity contribution in [2.75, 3.05) is 13.7 Å². The molecule has 1 atom stereocenters. The van der Waals surface area contributed by atoms with Crippen LogP contribution >= 0.6 is 0 Å². The highest BCUT2D eigenvalue weighted by Gasteiger charge is 2.20. The lowest BCUT2D eigenvalue weighted by atomic mass is 10.3. The van der Waals surface area contributed by atoms with Gasteiger partial charge in [-0.15, -0.1) is 0 Å². The largest absolute Gasteiger partial charge is 0.454 e. The van der Waals surface area contributed by atoms with Crippen LogP contribution in [0.15, 0.2) is 35.0 Å². The quantitative estimate of drug-likeness (QED) is 0.872. The van der Waals surface area contributed by atoms with Crippen LogP contribution in [0.4, 0.5) is 0 Å². The Morgan fingerprint density at radius 1 is 1.58 bits per heavy atom. The molecule has 0 radical (unpaired) electrons. The Balaban J connectivity index is 2.06. The number of furan rings is 1. The molecule has 0 saturated carbocycles. The summed E-state index contributed by atoms with van der Waals surface area (Å²) in [6.45, 7) is 2.17. The van der Waals surface area contributed by atoms with Crippen LogP contribution in [0.25, 0.3) is 0 Å². The second kappa shape index (κ2) is 5.71. The number of amides is 1. The Morgan fingerprint density at radius 3 is 3.00 bits per heavy atom. The summed E-state index contributed by atoms with van der Waals surface area (Å²) in [5, 5.41) is 13.1. The molecule has 0 aliphatic heterocycles. The fourth-order valence-electron chi connectivity index (χ4n) is 1.63. The van der Waals surface area contributed by atoms with Crippen LogP contribution in [0.5, 0.6) is 0 Å². The van der Waals surface area contributed by atoms with E-state index in [0.717, 1.165) is 0 Å². The third kappa shape index (κ3) is 3.03. The van der Waals surface area contributed by atoms with Crippen molar-refractivity contribution in [1.82, 2.24) is 14.7 Å². The van der Waals surface area contributed by atoms with Gasteiger partial charge in [0.05, 0.1) is 19.2 Å². The van der Waals surface area contributed by atoms with E-state index in [0.29, 0.717) is 12.3 Å². The molecule has 6 nitrogen and oxygen atoms in total. The van der Waals surface area contributed by atoms with Crippen molar-refractivity contribution in [3.05, 3.63) is 42.1 Å². The number of hydrogen-bond acceptors (Lipinski definition) is 4. The minimum Gasteiger partial charge on any atom is -0.454 e. The number of aromatic nitrogens is 2. The molecule has 1 amide bonds. The molecular weight excluding hydrogens is 246 g/mol. The van der Waals surface area contributed by atoms with Gasteiger partial charge in [0.2, 0.25) is 0 Å². The van der Waals surface area contributed by atoms with E-state index in [-0.39, 0.29) is 24.3 Å². The first kappa shape index (κ1) is 13.4. The zero-order valence-corrected chi connectivity index (χ0v) is 11.0. The van der Waals surface area contributed by atoms with Gasteiger partial charge < -0.3 is 14.4 Å². The molecule has 6 heteroatoms. The van der Waals surface area contributed by atoms with Crippen molar-refractivity contribution in [2.45, 2.75) is 19.5 Å². The van der Waals surface area contributed by atoms with Crippen LogP contribution in [0.3, 0.4) is 0 Å². The maximum Gasteiger partial charge on any atom is 0.289 e. The average molecular weight is 263 g/mol. The second-order valence-corrected chi connectivity index (χ2v) is 4.42. The van der Waals surface area contributed by atoms with E-state index in [2.05, 4.69) is 5.10 Å². The first-order chi connectivity index (χ1) is 9.11. The highest BCUT2D eigenvalue weighted by molar-refractivity contribution is 5.91. The molecule has 19 heavy (non-hydrogen) atoms. The zero-order valence-electron chi connectivity index (χ0n) is 11.0. The first-order valence-electron chi connectivity index (χ1n) is 6.06. The van der Waals surface area contributed by atoms with E-state index in [1.807, 2.05) is 12.3 Å². The summed E-state index contributed by atoms with van der Waals surface area (Å²) < 4.78 is 7.22. The average Bonchev–Trinajstić information content (AvgIpc) is 3.08. The fourth-order valence-corrected chi connectivity index (χ4v) is 1.63. The van der Waals surface area contributed by atoms with E-state index in [1.54, 1.807) is 37.0 Å². The molecule has 0 bridgehead atoms. The number of rotatable bonds is 5. The van der Waals surface area contributed by atoms with Crippen LogP contribution in [0.1, 0.15) is 23.2 Å². The molecular formula is C13H17N3O3. The van der Waals surface area contributed by atoms with Gasteiger partial charge in [0, 0.05) is 19.4 Å². The molecule has 0 aliphatic rings. The molecule has 2 rings (SSSR count). The number of aliphatic hydroxyl groups is 1. The zero-order chi connectivity index (χ0) is 13.8. The van der Waals surface area contributed by atoms with E-state index in [9.17, 15) is 4.79 Å². The molecule has 2 heterocycles. The molecule has 2 aromatic rings. The summed E-state index contributed by atoms with van der Waals surface area (Å²) in [6.07, 6.45) is 3.51. The topological polar surface area (TPSA) is 71.5 Å². The van der Waals surface area contributed by atoms with Gasteiger partial charge in [-0.25, -0.2) is 0 Å². The number of likely N-dealkylation sites (N-methyl/N-ethyl adjacent to an activating group) is 1. The number of hydrogen-bond donors (Lipinski definition) is 1. The van der Waals surface area contributed by atoms with Gasteiger partial charge in [-0.3, -0.25) is 9.48 Å². The Hall–Kier alpha value is -2.08. The summed E-state index contributed by atoms with van der Waals surface area (Å²) in [4.78, 5) is 13.5. The molecule has 1 unspecified atom stereocenters. The van der Waals surface area contributed by atoms with Crippen molar-refractivity contribution in [2.24, 2.45) is 0 Å². The molecule has 102 valence electrons. The monoisotopic (exact) mass is 263 g/mol. The van der Waals surface area contributed by atoms with Crippen LogP contribution in [0, 0.1) is 0 Å². The summed E-state index contributed by atoms with van der Waals surface area (Å²) in [7, 11) is 1.64. The van der Waals surface area contributed by atoms with Gasteiger partial charge in [0.15, 0.2) is 5.76 Å². The van der Waals surface area contributed by atoms with Crippen molar-refractivity contribution in [3.63, 3.8) is 0 Å². The summed E-state index contributed by atoms with van der Waals surface area (Å²) >= 11 is 0. The molecule has 0 aliphatic carbocycles. The smallest absolute Gasteiger partial charge is 0.289 e. The van der Waals surface area contributed by atoms with Gasteiger partial charge in [-0.2, -0.15) is 5.10 Å². The number of carbonyl (C=O) groups is 1. The van der Waals surface area contributed by atoms with Crippen molar-refractivity contribution in [1.29, 1.82) is 0 Å². The predicted molar refractivity (Wildman–Crippen MR) is 68.7 cm³/mol. The molecule has 0 aromatic carbocycles. The van der Waals surface area contributed by atoms with Crippen LogP contribution in [0.2, 0.25) is 0 Å². The molecule has 2 aromatic heterocycles. The van der Waals surface area contributed by atoms with Crippen LogP contribution in [-0.4, -0.2) is 45.4 Å². The Morgan fingerprint density at radius 2 is 2.37 bits per heavy atom. The van der Waals surface area contributed by atoms with Crippen LogP contribution in [-0.2, 0) is 6.54 Å². The van der Waals surface area contributed by atoms with Gasteiger partial charge in [0.1, 0.15) is 5.76 Å². The maximum absolute atomic E-state index is 12.1. The van der Waals surface area contributed by atoms with Gasteiger partial charge in [-0.1, -0.05) is 0 Å². The summed E-state index contributed by atoms with van der Waals surface area (Å²) in [5.41, 5.74) is 0. The van der Waals surface area contributed by atoms with E-state index in [1.165, 1.54) is 4.90 Å². The minimum absolute atomic E-state index is 0.0803. The lowest BCUT2D eigenvalue weighted by Crippen LogP contribution is -2.37. The van der Waals surface area contributed by atoms with Crippen molar-refractivity contribution < 1.29 is 14.3 Å². The van der Waals surface area contributed by atoms with Crippen molar-refractivity contribution in [3.8, 4) is 0 Å². The summed E-state index contributed by atoms with van der Waals surface area (Å²) in [5.74, 6) is 0.690. The fraction of sp³-hybridized carbons (Fsp3) is 0.385. The standard InChI is InChI=1S/C13H17N3O3/c1-10(9-17)15(2)13(18)12-5-4-11(19-12)8-16-7-3-6-14-16/h3-7,10,17H,8-9H2,1-2H3. The molecule has 0 spiro atoms. The normalized spacial score (nSPS) is 12.4. The first-order valence-corrected chi connectivity index (χ1v) is 6.06. The van der Waals surface area contributed by atoms with E-state index in [4.69, 9.17) is 9.52 Å². The van der Waals surface area contributed by atoms with Crippen molar-refractivity contribution >= 4 is 5.91 Å². The lowest BCUT2D eigenvalue weighted by Gasteiger charge is -2.21. The highest BCUT2D eigenvalue weighted by atomic mass is 16.4. The lowest BCUT2D eigenvalue weighted by molar-refractivity contribution is 0.0648. The minimum atomic E-state index is -0.243.